The van der Waals surface area contributed by atoms with Crippen molar-refractivity contribution < 1.29 is 65.5 Å². The summed E-state index contributed by atoms with van der Waals surface area (Å²) < 4.78 is 34.7. The molecule has 17 rings (SSSR count). The molecule has 5 unspecified atom stereocenters. The van der Waals surface area contributed by atoms with Crippen LogP contribution in [0.1, 0.15) is 205 Å². The minimum Gasteiger partial charge on any atom is -0.449 e. The third-order valence-corrected chi connectivity index (χ3v) is 24.4. The Morgan fingerprint density at radius 2 is 1.05 bits per heavy atom. The second-order valence-corrected chi connectivity index (χ2v) is 35.2. The van der Waals surface area contributed by atoms with Crippen LogP contribution in [0.3, 0.4) is 0 Å². The van der Waals surface area contributed by atoms with Gasteiger partial charge in [-0.1, -0.05) is 20.8 Å². The Labute approximate surface area is 684 Å². The molecule has 0 radical (unpaired) electrons. The van der Waals surface area contributed by atoms with Crippen LogP contribution in [0.15, 0.2) is 116 Å². The number of aryl methyl sites for hydroxylation is 4. The Kier molecular flexibility index (Phi) is 24.4. The predicted octanol–water partition coefficient (Wildman–Crippen LogP) is 11.9. The molecule has 3 spiro atoms. The first kappa shape index (κ1) is 83.1. The SMILES string of the molecule is CC(C)(C)OC(=O)N1CCC2(CC1)CC2CNC(=O)c1cnn2nccc2c1.CCN(CCC1CC1CNC(=O)c1cc2cnccc2[nH]1)C(=O)COCC(C)(C)C.Cc1nc(C)c(C(=O)N2CCC3(CC2)CC3CNC(=O)c2cc3ccncc3o2)o1.Cc1nc(C)c(C(=O)N2CCC3(CC2)CC3CNC(=O)c2cc3ccncc3o2)o1. The normalized spacial score (nSPS) is 19.8. The number of hydrogen-bond acceptors (Lipinski definition) is 21. The largest absolute Gasteiger partial charge is 0.449 e. The van der Waals surface area contributed by atoms with Crippen LogP contribution in [0.2, 0.25) is 0 Å². The number of carbonyl (C=O) groups is 8. The lowest BCUT2D eigenvalue weighted by molar-refractivity contribution is -0.137. The highest BCUT2D eigenvalue weighted by atomic mass is 16.6. The number of oxazole rings is 2. The molecule has 3 saturated heterocycles. The maximum absolute atomic E-state index is 12.7. The highest BCUT2D eigenvalue weighted by Gasteiger charge is 2.57. The second-order valence-electron chi connectivity index (χ2n) is 35.2. The number of H-pyrrole nitrogens is 1. The zero-order valence-corrected chi connectivity index (χ0v) is 69.4. The average molecular weight is 1620 g/mol. The number of aromatic nitrogens is 9. The molecule has 118 heavy (non-hydrogen) atoms. The Morgan fingerprint density at radius 3 is 1.53 bits per heavy atom. The smallest absolute Gasteiger partial charge is 0.410 e. The summed E-state index contributed by atoms with van der Waals surface area (Å²) in [5.41, 5.74) is 5.65. The molecule has 7 aliphatic rings. The van der Waals surface area contributed by atoms with Gasteiger partial charge in [-0.15, -0.1) is 0 Å². The summed E-state index contributed by atoms with van der Waals surface area (Å²) in [4.78, 5) is 131. The lowest BCUT2D eigenvalue weighted by Gasteiger charge is -2.34. The van der Waals surface area contributed by atoms with E-state index < -0.39 is 5.60 Å². The Balaban J connectivity index is 0.000000129. The van der Waals surface area contributed by atoms with E-state index in [-0.39, 0.29) is 75.7 Å². The summed E-state index contributed by atoms with van der Waals surface area (Å²) in [6.45, 7) is 30.1. The molecule has 31 heteroatoms. The fraction of sp³-hybridized carbons (Fsp3) is 0.529. The van der Waals surface area contributed by atoms with E-state index in [2.05, 4.69) is 82.1 Å². The van der Waals surface area contributed by atoms with E-state index in [9.17, 15) is 38.4 Å². The number of nitrogens with one attached hydrogen (secondary N) is 5. The summed E-state index contributed by atoms with van der Waals surface area (Å²) in [7, 11) is 0. The van der Waals surface area contributed by atoms with Crippen molar-refractivity contribution in [3.05, 3.63) is 156 Å². The van der Waals surface area contributed by atoms with Crippen LogP contribution < -0.4 is 21.3 Å². The van der Waals surface area contributed by atoms with Crippen LogP contribution in [0.4, 0.5) is 4.79 Å². The van der Waals surface area contributed by atoms with E-state index in [4.69, 9.17) is 27.1 Å². The Morgan fingerprint density at radius 1 is 0.551 bits per heavy atom. The number of likely N-dealkylation sites (tertiary alicyclic amines) is 3. The zero-order chi connectivity index (χ0) is 83.4. The van der Waals surface area contributed by atoms with Gasteiger partial charge in [-0.3, -0.25) is 48.5 Å². The van der Waals surface area contributed by atoms with Gasteiger partial charge in [0.1, 0.15) is 17.9 Å². The van der Waals surface area contributed by atoms with Gasteiger partial charge < -0.3 is 73.0 Å². The van der Waals surface area contributed by atoms with Crippen molar-refractivity contribution in [1.29, 1.82) is 0 Å². The first-order valence-electron chi connectivity index (χ1n) is 41.3. The standard InChI is InChI=1S/C23H34N4O3.2C22H24N4O4.C20H27N5O3/c1-5-27(21(28)14-30-15-23(2,3)4)9-7-16-10-17(16)13-25-22(29)20-11-18-12-24-8-6-19(18)26-20;2*1-13-19(29-14(2)25-13)21(28)26-7-4-22(5-8-26)10-16(22)11-24-20(27)17-9-15-3-6-23-12-18(15)30-17;1-19(2,3)28-18(27)24-8-5-20(6-9-24)11-15(20)13-21-17(26)14-10-16-4-7-22-25(16)23-12-14/h6,8,11-12,16-17,26H,5,7,9-10,13-15H2,1-4H3,(H,25,29);2*3,6,9,12,16H,4-5,7-8,10-11H2,1-2H3,(H,24,27);4,7,10,12,15H,5-6,8-9,11,13H2,1-3H3,(H,21,26). The van der Waals surface area contributed by atoms with E-state index in [1.807, 2.05) is 72.7 Å². The Hall–Kier alpha value is -11.4. The average Bonchev–Trinajstić information content (AvgIpc) is 1.60. The fourth-order valence-electron chi connectivity index (χ4n) is 17.0. The predicted molar refractivity (Wildman–Crippen MR) is 436 cm³/mol. The van der Waals surface area contributed by atoms with Crippen LogP contribution in [0.25, 0.3) is 38.4 Å². The zero-order valence-electron chi connectivity index (χ0n) is 69.4. The summed E-state index contributed by atoms with van der Waals surface area (Å²) >= 11 is 0. The Bertz CT molecular complexity index is 5030. The number of hydrogen-bond donors (Lipinski definition) is 5. The molecule has 10 aromatic heterocycles. The number of rotatable bonds is 21. The van der Waals surface area contributed by atoms with E-state index in [0.717, 1.165) is 117 Å². The summed E-state index contributed by atoms with van der Waals surface area (Å²) in [6, 6.07) is 14.4. The maximum Gasteiger partial charge on any atom is 0.410 e. The van der Waals surface area contributed by atoms with Gasteiger partial charge in [0.25, 0.3) is 35.4 Å². The number of likely N-dealkylation sites (N-methyl/N-ethyl adjacent to an activating group) is 1. The molecule has 4 saturated carbocycles. The molecule has 5 N–H and O–H groups in total. The lowest BCUT2D eigenvalue weighted by atomic mass is 9.90. The van der Waals surface area contributed by atoms with Crippen molar-refractivity contribution in [2.45, 2.75) is 152 Å². The van der Waals surface area contributed by atoms with Crippen LogP contribution in [0, 0.1) is 78.9 Å². The molecular formula is C87H109N17O14. The van der Waals surface area contributed by atoms with Gasteiger partial charge in [-0.05, 0) is 212 Å². The molecule has 626 valence electrons. The molecular weight excluding hydrogens is 1510 g/mol. The molecule has 0 aromatic carbocycles. The number of piperidine rings is 3. The number of carbonyl (C=O) groups excluding carboxylic acids is 8. The number of aromatic amines is 1. The van der Waals surface area contributed by atoms with Gasteiger partial charge in [0.15, 0.2) is 34.5 Å². The van der Waals surface area contributed by atoms with E-state index >= 15 is 0 Å². The van der Waals surface area contributed by atoms with Crippen LogP contribution in [-0.4, -0.2) is 209 Å². The third-order valence-electron chi connectivity index (χ3n) is 24.4. The molecule has 3 aliphatic heterocycles. The van der Waals surface area contributed by atoms with Gasteiger partial charge in [-0.2, -0.15) is 14.8 Å². The van der Waals surface area contributed by atoms with Crippen molar-refractivity contribution in [3.8, 4) is 0 Å². The minimum absolute atomic E-state index is 0.0561. The van der Waals surface area contributed by atoms with E-state index in [1.54, 1.807) is 94.2 Å². The third kappa shape index (κ3) is 20.1. The van der Waals surface area contributed by atoms with Gasteiger partial charge >= 0.3 is 6.09 Å². The number of pyridine rings is 3. The molecule has 7 fully saturated rings. The van der Waals surface area contributed by atoms with Crippen molar-refractivity contribution in [2.75, 3.05) is 91.8 Å². The highest BCUT2D eigenvalue weighted by molar-refractivity contribution is 5.99. The quantitative estimate of drug-likeness (QED) is 0.0446. The summed E-state index contributed by atoms with van der Waals surface area (Å²) in [5.74, 6) is 4.09. The highest BCUT2D eigenvalue weighted by Crippen LogP contribution is 2.61. The lowest BCUT2D eigenvalue weighted by Crippen LogP contribution is -2.43. The molecule has 13 heterocycles. The molecule has 31 nitrogen and oxygen atoms in total. The summed E-state index contributed by atoms with van der Waals surface area (Å²) in [6.07, 6.45) is 24.1. The second kappa shape index (κ2) is 34.7. The topological polar surface area (TPSA) is 379 Å². The van der Waals surface area contributed by atoms with Crippen molar-refractivity contribution >= 4 is 85.8 Å². The van der Waals surface area contributed by atoms with Crippen LogP contribution >= 0.6 is 0 Å². The van der Waals surface area contributed by atoms with E-state index in [0.29, 0.717) is 164 Å². The van der Waals surface area contributed by atoms with Crippen LogP contribution in [0.5, 0.6) is 0 Å². The minimum atomic E-state index is -0.465. The summed E-state index contributed by atoms with van der Waals surface area (Å²) in [5, 5.41) is 22.9. The first-order valence-corrected chi connectivity index (χ1v) is 41.3. The number of fused-ring (bicyclic) bond motifs is 4. The first-order chi connectivity index (χ1) is 56.4. The van der Waals surface area contributed by atoms with Crippen molar-refractivity contribution in [1.82, 2.24) is 85.6 Å². The molecule has 4 aliphatic carbocycles. The maximum atomic E-state index is 12.7. The molecule has 5 atom stereocenters. The number of amides is 8. The molecule has 8 amide bonds. The van der Waals surface area contributed by atoms with Crippen LogP contribution in [-0.2, 0) is 14.3 Å². The number of furan rings is 2. The number of nitrogens with zero attached hydrogens (tertiary/aromatic N) is 12. The molecule has 10 aromatic rings. The van der Waals surface area contributed by atoms with Gasteiger partial charge in [0, 0.05) is 139 Å². The van der Waals surface area contributed by atoms with E-state index in [1.165, 1.54) is 10.8 Å². The van der Waals surface area contributed by atoms with Crippen molar-refractivity contribution in [3.63, 3.8) is 0 Å². The fourth-order valence-corrected chi connectivity index (χ4v) is 17.0. The van der Waals surface area contributed by atoms with Crippen molar-refractivity contribution in [2.24, 2.45) is 51.2 Å². The number of ether oxygens (including phenoxy) is 2. The van der Waals surface area contributed by atoms with Gasteiger partial charge in [0.05, 0.1) is 53.9 Å². The molecule has 0 bridgehead atoms. The monoisotopic (exact) mass is 1620 g/mol. The van der Waals surface area contributed by atoms with Gasteiger partial charge in [0.2, 0.25) is 17.4 Å². The van der Waals surface area contributed by atoms with Gasteiger partial charge in [-0.25, -0.2) is 14.8 Å².